The van der Waals surface area contributed by atoms with Crippen LogP contribution in [0.3, 0.4) is 0 Å². The Kier molecular flexibility index (Phi) is 5.13. The van der Waals surface area contributed by atoms with Gasteiger partial charge in [-0.3, -0.25) is 9.59 Å². The van der Waals surface area contributed by atoms with E-state index in [0.29, 0.717) is 22.6 Å². The molecular formula is C22H18O4. The Hall–Kier alpha value is -3.40. The van der Waals surface area contributed by atoms with Gasteiger partial charge in [-0.2, -0.15) is 0 Å². The van der Waals surface area contributed by atoms with E-state index < -0.39 is 0 Å². The molecule has 0 unspecified atom stereocenters. The quantitative estimate of drug-likeness (QED) is 0.629. The van der Waals surface area contributed by atoms with Crippen molar-refractivity contribution in [2.45, 2.75) is 0 Å². The number of hydrogen-bond acceptors (Lipinski definition) is 4. The highest BCUT2D eigenvalue weighted by molar-refractivity contribution is 6.22. The SMILES string of the molecule is COc1ccc(OC)c(C(=O)c2ccccc2)c1C(=O)c1ccccc1. The van der Waals surface area contributed by atoms with Crippen LogP contribution in [0.2, 0.25) is 0 Å². The topological polar surface area (TPSA) is 52.6 Å². The average Bonchev–Trinajstić information content (AvgIpc) is 2.72. The van der Waals surface area contributed by atoms with Crippen LogP contribution in [0.4, 0.5) is 0 Å². The molecule has 0 aliphatic carbocycles. The zero-order valence-electron chi connectivity index (χ0n) is 14.6. The average molecular weight is 346 g/mol. The Bertz CT molecular complexity index is 853. The number of carbonyl (C=O) groups is 2. The Morgan fingerprint density at radius 2 is 0.923 bits per heavy atom. The molecule has 0 spiro atoms. The molecule has 3 rings (SSSR count). The first-order chi connectivity index (χ1) is 12.7. The lowest BCUT2D eigenvalue weighted by Gasteiger charge is -2.16. The lowest BCUT2D eigenvalue weighted by Crippen LogP contribution is -2.14. The smallest absolute Gasteiger partial charge is 0.197 e. The fourth-order valence-electron chi connectivity index (χ4n) is 2.82. The molecular weight excluding hydrogens is 328 g/mol. The summed E-state index contributed by atoms with van der Waals surface area (Å²) in [6, 6.07) is 20.9. The summed E-state index contributed by atoms with van der Waals surface area (Å²) in [5.74, 6) is 0.0825. The van der Waals surface area contributed by atoms with E-state index >= 15 is 0 Å². The summed E-state index contributed by atoms with van der Waals surface area (Å²) >= 11 is 0. The molecule has 0 saturated heterocycles. The van der Waals surface area contributed by atoms with Crippen LogP contribution >= 0.6 is 0 Å². The van der Waals surface area contributed by atoms with E-state index in [4.69, 9.17) is 9.47 Å². The number of hydrogen-bond donors (Lipinski definition) is 0. The van der Waals surface area contributed by atoms with Gasteiger partial charge in [-0.05, 0) is 12.1 Å². The first-order valence-corrected chi connectivity index (χ1v) is 8.12. The zero-order chi connectivity index (χ0) is 18.5. The summed E-state index contributed by atoms with van der Waals surface area (Å²) < 4.78 is 10.8. The van der Waals surface area contributed by atoms with Crippen LogP contribution in [0.1, 0.15) is 31.8 Å². The first kappa shape index (κ1) is 17.4. The molecule has 0 amide bonds. The van der Waals surface area contributed by atoms with Gasteiger partial charge in [0.05, 0.1) is 25.3 Å². The molecule has 0 fully saturated rings. The van der Waals surface area contributed by atoms with Crippen molar-refractivity contribution in [2.24, 2.45) is 0 Å². The van der Waals surface area contributed by atoms with Gasteiger partial charge in [0.15, 0.2) is 11.6 Å². The molecule has 4 nitrogen and oxygen atoms in total. The number of carbonyl (C=O) groups excluding carboxylic acids is 2. The van der Waals surface area contributed by atoms with E-state index in [2.05, 4.69) is 0 Å². The van der Waals surface area contributed by atoms with Crippen molar-refractivity contribution >= 4 is 11.6 Å². The summed E-state index contributed by atoms with van der Waals surface area (Å²) in [4.78, 5) is 26.3. The maximum atomic E-state index is 13.2. The van der Waals surface area contributed by atoms with Crippen LogP contribution in [0, 0.1) is 0 Å². The fraction of sp³-hybridized carbons (Fsp3) is 0.0909. The van der Waals surface area contributed by atoms with Gasteiger partial charge in [0.2, 0.25) is 0 Å². The highest BCUT2D eigenvalue weighted by Gasteiger charge is 2.27. The minimum atomic E-state index is -0.291. The summed E-state index contributed by atoms with van der Waals surface area (Å²) in [6.45, 7) is 0. The second-order valence-electron chi connectivity index (χ2n) is 5.61. The molecule has 0 radical (unpaired) electrons. The fourth-order valence-corrected chi connectivity index (χ4v) is 2.82. The van der Waals surface area contributed by atoms with Crippen LogP contribution in [0.25, 0.3) is 0 Å². The lowest BCUT2D eigenvalue weighted by atomic mass is 9.91. The summed E-state index contributed by atoms with van der Waals surface area (Å²) in [7, 11) is 2.95. The molecule has 0 saturated carbocycles. The third-order valence-corrected chi connectivity index (χ3v) is 4.09. The van der Waals surface area contributed by atoms with E-state index in [1.54, 1.807) is 60.7 Å². The first-order valence-electron chi connectivity index (χ1n) is 8.12. The predicted octanol–water partition coefficient (Wildman–Crippen LogP) is 4.17. The Morgan fingerprint density at radius 1 is 0.577 bits per heavy atom. The molecule has 0 aliphatic rings. The minimum absolute atomic E-state index is 0.201. The van der Waals surface area contributed by atoms with E-state index in [-0.39, 0.29) is 22.7 Å². The Morgan fingerprint density at radius 3 is 1.23 bits per heavy atom. The number of benzene rings is 3. The molecule has 26 heavy (non-hydrogen) atoms. The van der Waals surface area contributed by atoms with Crippen molar-refractivity contribution in [3.63, 3.8) is 0 Å². The molecule has 0 atom stereocenters. The van der Waals surface area contributed by atoms with E-state index in [1.807, 2.05) is 12.1 Å². The van der Waals surface area contributed by atoms with Crippen LogP contribution in [-0.2, 0) is 0 Å². The zero-order valence-corrected chi connectivity index (χ0v) is 14.6. The number of ether oxygens (including phenoxy) is 2. The Balaban J connectivity index is 2.25. The van der Waals surface area contributed by atoms with Crippen molar-refractivity contribution < 1.29 is 19.1 Å². The van der Waals surface area contributed by atoms with Gasteiger partial charge in [0.25, 0.3) is 0 Å². The largest absolute Gasteiger partial charge is 0.496 e. The highest BCUT2D eigenvalue weighted by atomic mass is 16.5. The van der Waals surface area contributed by atoms with Crippen molar-refractivity contribution in [2.75, 3.05) is 14.2 Å². The standard InChI is InChI=1S/C22H18O4/c1-25-17-13-14-18(26-2)20(22(24)16-11-7-4-8-12-16)19(17)21(23)15-9-5-3-6-10-15/h3-14H,1-2H3. The molecule has 0 bridgehead atoms. The molecule has 4 heteroatoms. The minimum Gasteiger partial charge on any atom is -0.496 e. The number of ketones is 2. The molecule has 0 heterocycles. The van der Waals surface area contributed by atoms with Crippen LogP contribution in [-0.4, -0.2) is 25.8 Å². The highest BCUT2D eigenvalue weighted by Crippen LogP contribution is 2.34. The molecule has 3 aromatic carbocycles. The predicted molar refractivity (Wildman–Crippen MR) is 99.3 cm³/mol. The van der Waals surface area contributed by atoms with E-state index in [0.717, 1.165) is 0 Å². The molecule has 0 aliphatic heterocycles. The van der Waals surface area contributed by atoms with Crippen molar-refractivity contribution in [1.82, 2.24) is 0 Å². The third-order valence-electron chi connectivity index (χ3n) is 4.09. The summed E-state index contributed by atoms with van der Waals surface area (Å²) in [6.07, 6.45) is 0. The van der Waals surface area contributed by atoms with E-state index in [9.17, 15) is 9.59 Å². The van der Waals surface area contributed by atoms with Gasteiger partial charge in [0, 0.05) is 11.1 Å². The maximum Gasteiger partial charge on any atom is 0.197 e. The van der Waals surface area contributed by atoms with Crippen molar-refractivity contribution in [3.05, 3.63) is 95.1 Å². The van der Waals surface area contributed by atoms with Gasteiger partial charge >= 0.3 is 0 Å². The van der Waals surface area contributed by atoms with Gasteiger partial charge in [-0.15, -0.1) is 0 Å². The monoisotopic (exact) mass is 346 g/mol. The van der Waals surface area contributed by atoms with Crippen LogP contribution in [0.15, 0.2) is 72.8 Å². The number of methoxy groups -OCH3 is 2. The molecule has 130 valence electrons. The summed E-state index contributed by atoms with van der Waals surface area (Å²) in [5.41, 5.74) is 1.35. The second kappa shape index (κ2) is 7.66. The number of rotatable bonds is 6. The second-order valence-corrected chi connectivity index (χ2v) is 5.61. The molecule has 0 aromatic heterocycles. The van der Waals surface area contributed by atoms with Gasteiger partial charge in [0.1, 0.15) is 11.5 Å². The van der Waals surface area contributed by atoms with Crippen LogP contribution < -0.4 is 9.47 Å². The normalized spacial score (nSPS) is 10.2. The van der Waals surface area contributed by atoms with Crippen molar-refractivity contribution in [1.29, 1.82) is 0 Å². The Labute approximate surface area is 152 Å². The molecule has 0 N–H and O–H groups in total. The molecule has 3 aromatic rings. The van der Waals surface area contributed by atoms with Gasteiger partial charge in [-0.25, -0.2) is 0 Å². The third kappa shape index (κ3) is 3.22. The summed E-state index contributed by atoms with van der Waals surface area (Å²) in [5, 5.41) is 0. The maximum absolute atomic E-state index is 13.2. The van der Waals surface area contributed by atoms with E-state index in [1.165, 1.54) is 14.2 Å². The lowest BCUT2D eigenvalue weighted by molar-refractivity contribution is 0.0998. The van der Waals surface area contributed by atoms with Crippen LogP contribution in [0.5, 0.6) is 11.5 Å². The van der Waals surface area contributed by atoms with Crippen molar-refractivity contribution in [3.8, 4) is 11.5 Å². The van der Waals surface area contributed by atoms with Gasteiger partial charge < -0.3 is 9.47 Å². The van der Waals surface area contributed by atoms with Gasteiger partial charge in [-0.1, -0.05) is 60.7 Å².